The van der Waals surface area contributed by atoms with E-state index in [0.29, 0.717) is 24.4 Å². The molecule has 1 fully saturated rings. The number of ether oxygens (including phenoxy) is 1. The summed E-state index contributed by atoms with van der Waals surface area (Å²) in [7, 11) is 1.88. The first-order chi connectivity index (χ1) is 9.95. The molecule has 0 unspecified atom stereocenters. The molecule has 2 rings (SSSR count). The van der Waals surface area contributed by atoms with Crippen LogP contribution in [0.3, 0.4) is 0 Å². The maximum absolute atomic E-state index is 12.1. The standard InChI is InChI=1S/C16H24N2O3/c1-3-21-15(19)13-10-12(17)6-7-14(13)18(2)11-16(20)8-4-5-9-16/h6-7,10,20H,3-5,8-9,11,17H2,1-2H3. The summed E-state index contributed by atoms with van der Waals surface area (Å²) in [5, 5.41) is 10.5. The van der Waals surface area contributed by atoms with Gasteiger partial charge in [0.1, 0.15) is 0 Å². The van der Waals surface area contributed by atoms with Gasteiger partial charge in [-0.1, -0.05) is 12.8 Å². The van der Waals surface area contributed by atoms with Crippen molar-refractivity contribution < 1.29 is 14.6 Å². The quantitative estimate of drug-likeness (QED) is 0.642. The number of anilines is 2. The van der Waals surface area contributed by atoms with Crippen LogP contribution in [0.4, 0.5) is 11.4 Å². The Kier molecular flexibility index (Phi) is 4.73. The summed E-state index contributed by atoms with van der Waals surface area (Å²) in [6.45, 7) is 2.60. The van der Waals surface area contributed by atoms with Gasteiger partial charge < -0.3 is 20.5 Å². The second-order valence-corrected chi connectivity index (χ2v) is 5.78. The summed E-state index contributed by atoms with van der Waals surface area (Å²) in [6, 6.07) is 5.19. The van der Waals surface area contributed by atoms with Crippen LogP contribution in [-0.4, -0.2) is 36.9 Å². The van der Waals surface area contributed by atoms with Gasteiger partial charge in [-0.3, -0.25) is 0 Å². The molecule has 0 atom stereocenters. The molecule has 0 aromatic heterocycles. The number of hydrogen-bond donors (Lipinski definition) is 2. The number of aliphatic hydroxyl groups is 1. The van der Waals surface area contributed by atoms with Crippen molar-refractivity contribution in [3.05, 3.63) is 23.8 Å². The lowest BCUT2D eigenvalue weighted by molar-refractivity contribution is 0.0514. The van der Waals surface area contributed by atoms with Crippen molar-refractivity contribution in [2.24, 2.45) is 0 Å². The number of nitrogens with two attached hydrogens (primary N) is 1. The van der Waals surface area contributed by atoms with Gasteiger partial charge in [-0.05, 0) is 38.0 Å². The molecular formula is C16H24N2O3. The van der Waals surface area contributed by atoms with Gasteiger partial charge >= 0.3 is 5.97 Å². The van der Waals surface area contributed by atoms with Crippen LogP contribution < -0.4 is 10.6 Å². The molecule has 1 saturated carbocycles. The van der Waals surface area contributed by atoms with Gasteiger partial charge in [0, 0.05) is 19.3 Å². The highest BCUT2D eigenvalue weighted by Gasteiger charge is 2.33. The Hall–Kier alpha value is -1.75. The Balaban J connectivity index is 2.23. The van der Waals surface area contributed by atoms with E-state index in [-0.39, 0.29) is 5.97 Å². The highest BCUT2D eigenvalue weighted by Crippen LogP contribution is 2.32. The molecule has 1 aromatic carbocycles. The Bertz CT molecular complexity index is 510. The highest BCUT2D eigenvalue weighted by molar-refractivity contribution is 5.97. The van der Waals surface area contributed by atoms with E-state index < -0.39 is 5.60 Å². The summed E-state index contributed by atoms with van der Waals surface area (Å²) in [5.41, 5.74) is 6.82. The lowest BCUT2D eigenvalue weighted by Crippen LogP contribution is -2.39. The number of benzene rings is 1. The van der Waals surface area contributed by atoms with E-state index in [1.807, 2.05) is 11.9 Å². The minimum Gasteiger partial charge on any atom is -0.462 e. The fourth-order valence-corrected chi connectivity index (χ4v) is 2.98. The molecule has 0 bridgehead atoms. The fraction of sp³-hybridized carbons (Fsp3) is 0.562. The zero-order valence-corrected chi connectivity index (χ0v) is 12.8. The van der Waals surface area contributed by atoms with Crippen LogP contribution in [0.15, 0.2) is 18.2 Å². The second-order valence-electron chi connectivity index (χ2n) is 5.78. The van der Waals surface area contributed by atoms with Gasteiger partial charge in [-0.25, -0.2) is 4.79 Å². The first kappa shape index (κ1) is 15.6. The van der Waals surface area contributed by atoms with Gasteiger partial charge in [0.15, 0.2) is 0 Å². The van der Waals surface area contributed by atoms with E-state index in [1.165, 1.54) is 0 Å². The van der Waals surface area contributed by atoms with Crippen molar-refractivity contribution in [1.29, 1.82) is 0 Å². The van der Waals surface area contributed by atoms with Crippen LogP contribution in [0.25, 0.3) is 0 Å². The number of nitrogens with zero attached hydrogens (tertiary/aromatic N) is 1. The normalized spacial score (nSPS) is 16.7. The van der Waals surface area contributed by atoms with E-state index in [1.54, 1.807) is 25.1 Å². The SMILES string of the molecule is CCOC(=O)c1cc(N)ccc1N(C)CC1(O)CCCC1. The molecule has 1 aliphatic carbocycles. The first-order valence-electron chi connectivity index (χ1n) is 7.45. The third kappa shape index (κ3) is 3.67. The summed E-state index contributed by atoms with van der Waals surface area (Å²) in [4.78, 5) is 14.0. The van der Waals surface area contributed by atoms with Crippen molar-refractivity contribution >= 4 is 17.3 Å². The number of esters is 1. The monoisotopic (exact) mass is 292 g/mol. The van der Waals surface area contributed by atoms with Gasteiger partial charge in [0.05, 0.1) is 23.5 Å². The Morgan fingerprint density at radius 1 is 1.43 bits per heavy atom. The maximum Gasteiger partial charge on any atom is 0.340 e. The van der Waals surface area contributed by atoms with Gasteiger partial charge in [-0.15, -0.1) is 0 Å². The lowest BCUT2D eigenvalue weighted by atomic mass is 10.0. The van der Waals surface area contributed by atoms with Crippen LogP contribution in [0.1, 0.15) is 43.0 Å². The number of carbonyl (C=O) groups excluding carboxylic acids is 1. The van der Waals surface area contributed by atoms with Gasteiger partial charge in [-0.2, -0.15) is 0 Å². The van der Waals surface area contributed by atoms with Crippen molar-refractivity contribution in [1.82, 2.24) is 0 Å². The number of rotatable bonds is 5. The molecule has 5 heteroatoms. The van der Waals surface area contributed by atoms with E-state index in [4.69, 9.17) is 10.5 Å². The minimum absolute atomic E-state index is 0.320. The van der Waals surface area contributed by atoms with Crippen LogP contribution in [0, 0.1) is 0 Å². The molecule has 21 heavy (non-hydrogen) atoms. The van der Waals surface area contributed by atoms with E-state index >= 15 is 0 Å². The Labute approximate surface area is 125 Å². The molecule has 0 heterocycles. The number of likely N-dealkylation sites (N-methyl/N-ethyl adjacent to an activating group) is 1. The third-order valence-corrected chi connectivity index (χ3v) is 3.99. The zero-order chi connectivity index (χ0) is 15.5. The lowest BCUT2D eigenvalue weighted by Gasteiger charge is -2.31. The molecule has 1 aromatic rings. The van der Waals surface area contributed by atoms with Crippen LogP contribution >= 0.6 is 0 Å². The average Bonchev–Trinajstić information content (AvgIpc) is 2.85. The van der Waals surface area contributed by atoms with Crippen LogP contribution in [0.5, 0.6) is 0 Å². The largest absolute Gasteiger partial charge is 0.462 e. The predicted octanol–water partition coefficient (Wildman–Crippen LogP) is 2.19. The molecular weight excluding hydrogens is 268 g/mol. The summed E-state index contributed by atoms with van der Waals surface area (Å²) in [5.74, 6) is -0.384. The second kappa shape index (κ2) is 6.35. The minimum atomic E-state index is -0.665. The summed E-state index contributed by atoms with van der Waals surface area (Å²) >= 11 is 0. The van der Waals surface area contributed by atoms with Crippen molar-refractivity contribution in [3.63, 3.8) is 0 Å². The predicted molar refractivity (Wildman–Crippen MR) is 83.5 cm³/mol. The maximum atomic E-state index is 12.1. The average molecular weight is 292 g/mol. The topological polar surface area (TPSA) is 75.8 Å². The van der Waals surface area contributed by atoms with Crippen LogP contribution in [0.2, 0.25) is 0 Å². The summed E-state index contributed by atoms with van der Waals surface area (Å²) < 4.78 is 5.09. The number of carbonyl (C=O) groups is 1. The van der Waals surface area contributed by atoms with E-state index in [2.05, 4.69) is 0 Å². The molecule has 0 amide bonds. The summed E-state index contributed by atoms with van der Waals surface area (Å²) in [6.07, 6.45) is 3.72. The molecule has 3 N–H and O–H groups in total. The van der Waals surface area contributed by atoms with Gasteiger partial charge in [0.2, 0.25) is 0 Å². The molecule has 0 spiro atoms. The number of nitrogen functional groups attached to an aromatic ring is 1. The number of hydrogen-bond acceptors (Lipinski definition) is 5. The van der Waals surface area contributed by atoms with Crippen LogP contribution in [-0.2, 0) is 4.74 Å². The fourth-order valence-electron chi connectivity index (χ4n) is 2.98. The smallest absolute Gasteiger partial charge is 0.340 e. The van der Waals surface area contributed by atoms with E-state index in [0.717, 1.165) is 31.4 Å². The zero-order valence-electron chi connectivity index (χ0n) is 12.8. The van der Waals surface area contributed by atoms with Crippen molar-refractivity contribution in [2.45, 2.75) is 38.2 Å². The molecule has 0 aliphatic heterocycles. The highest BCUT2D eigenvalue weighted by atomic mass is 16.5. The van der Waals surface area contributed by atoms with Crippen molar-refractivity contribution in [3.8, 4) is 0 Å². The Morgan fingerprint density at radius 2 is 2.10 bits per heavy atom. The van der Waals surface area contributed by atoms with E-state index in [9.17, 15) is 9.90 Å². The molecule has 1 aliphatic rings. The third-order valence-electron chi connectivity index (χ3n) is 3.99. The van der Waals surface area contributed by atoms with Gasteiger partial charge in [0.25, 0.3) is 0 Å². The molecule has 116 valence electrons. The Morgan fingerprint density at radius 3 is 2.71 bits per heavy atom. The first-order valence-corrected chi connectivity index (χ1v) is 7.45. The molecule has 5 nitrogen and oxygen atoms in total. The molecule has 0 saturated heterocycles. The van der Waals surface area contributed by atoms with Crippen molar-refractivity contribution in [2.75, 3.05) is 30.8 Å². The molecule has 0 radical (unpaired) electrons.